The zero-order valence-corrected chi connectivity index (χ0v) is 22.5. The van der Waals surface area contributed by atoms with E-state index in [4.69, 9.17) is 11.6 Å². The van der Waals surface area contributed by atoms with Crippen LogP contribution in [-0.2, 0) is 10.0 Å². The van der Waals surface area contributed by atoms with Gasteiger partial charge in [0.15, 0.2) is 16.0 Å². The number of para-hydroxylation sites is 1. The molecule has 0 radical (unpaired) electrons. The third kappa shape index (κ3) is 5.28. The summed E-state index contributed by atoms with van der Waals surface area (Å²) in [5.41, 5.74) is 2.71. The van der Waals surface area contributed by atoms with E-state index in [1.54, 1.807) is 38.1 Å². The number of halogens is 1. The van der Waals surface area contributed by atoms with E-state index in [1.807, 2.05) is 30.3 Å². The number of nitrogens with one attached hydrogen (secondary N) is 2. The maximum Gasteiger partial charge on any atom is 0.279 e. The van der Waals surface area contributed by atoms with Crippen LogP contribution in [0.3, 0.4) is 0 Å². The number of thiazole rings is 1. The number of carbonyl (C=O) groups is 1. The lowest BCUT2D eigenvalue weighted by Crippen LogP contribution is -2.14. The lowest BCUT2D eigenvalue weighted by atomic mass is 10.2. The highest BCUT2D eigenvalue weighted by atomic mass is 35.5. The molecule has 192 valence electrons. The molecule has 0 fully saturated rings. The predicted octanol–water partition coefficient (Wildman–Crippen LogP) is 5.11. The second kappa shape index (κ2) is 10.3. The van der Waals surface area contributed by atoms with E-state index in [-0.39, 0.29) is 21.4 Å². The Hall–Kier alpha value is -4.13. The predicted molar refractivity (Wildman–Crippen MR) is 146 cm³/mol. The SMILES string of the molecule is Cc1nn(-c2ccccc2)nc1C(=O)Nc1nc(C)c(-c2cnc(Cl)c(NS(=O)(=O)c3ccccc3)c2)s1. The third-order valence-corrected chi connectivity index (χ3v) is 8.21. The van der Waals surface area contributed by atoms with Gasteiger partial charge >= 0.3 is 0 Å². The van der Waals surface area contributed by atoms with E-state index in [2.05, 4.69) is 30.2 Å². The first-order valence-electron chi connectivity index (χ1n) is 11.2. The van der Waals surface area contributed by atoms with E-state index in [1.165, 1.54) is 34.5 Å². The van der Waals surface area contributed by atoms with Crippen LogP contribution in [0.15, 0.2) is 77.8 Å². The maximum atomic E-state index is 13.0. The first-order valence-corrected chi connectivity index (χ1v) is 13.9. The fraction of sp³-hybridized carbons (Fsp3) is 0.0800. The van der Waals surface area contributed by atoms with Crippen LogP contribution in [0, 0.1) is 13.8 Å². The number of rotatable bonds is 7. The fourth-order valence-corrected chi connectivity index (χ4v) is 5.81. The average molecular weight is 566 g/mol. The van der Waals surface area contributed by atoms with Crippen LogP contribution < -0.4 is 10.0 Å². The Labute approximate surface area is 227 Å². The third-order valence-electron chi connectivity index (χ3n) is 5.40. The van der Waals surface area contributed by atoms with Crippen LogP contribution in [0.5, 0.6) is 0 Å². The largest absolute Gasteiger partial charge is 0.296 e. The van der Waals surface area contributed by atoms with Gasteiger partial charge in [0.2, 0.25) is 0 Å². The molecule has 0 atom stereocenters. The van der Waals surface area contributed by atoms with E-state index >= 15 is 0 Å². The Morgan fingerprint density at radius 3 is 2.37 bits per heavy atom. The molecule has 1 amide bonds. The molecule has 0 unspecified atom stereocenters. The average Bonchev–Trinajstić information content (AvgIpc) is 3.48. The molecule has 0 saturated heterocycles. The van der Waals surface area contributed by atoms with Gasteiger partial charge in [0.25, 0.3) is 15.9 Å². The summed E-state index contributed by atoms with van der Waals surface area (Å²) < 4.78 is 28.1. The highest BCUT2D eigenvalue weighted by Gasteiger charge is 2.21. The number of amides is 1. The number of hydrogen-bond acceptors (Lipinski definition) is 8. The molecular weight excluding hydrogens is 546 g/mol. The number of nitrogens with zero attached hydrogens (tertiary/aromatic N) is 5. The second-order valence-corrected chi connectivity index (χ2v) is 11.2. The van der Waals surface area contributed by atoms with E-state index < -0.39 is 15.9 Å². The van der Waals surface area contributed by atoms with E-state index in [9.17, 15) is 13.2 Å². The molecule has 10 nitrogen and oxygen atoms in total. The van der Waals surface area contributed by atoms with E-state index in [0.29, 0.717) is 27.0 Å². The summed E-state index contributed by atoms with van der Waals surface area (Å²) in [5, 5.41) is 11.8. The topological polar surface area (TPSA) is 132 Å². The van der Waals surface area contributed by atoms with Crippen LogP contribution in [0.25, 0.3) is 16.1 Å². The van der Waals surface area contributed by atoms with Gasteiger partial charge in [0.1, 0.15) is 0 Å². The molecule has 3 heterocycles. The molecule has 0 aliphatic heterocycles. The van der Waals surface area contributed by atoms with Crippen molar-refractivity contribution >= 4 is 49.7 Å². The number of pyridine rings is 1. The highest BCUT2D eigenvalue weighted by Crippen LogP contribution is 2.35. The van der Waals surface area contributed by atoms with Crippen molar-refractivity contribution in [2.75, 3.05) is 10.0 Å². The first kappa shape index (κ1) is 25.5. The second-order valence-electron chi connectivity index (χ2n) is 8.13. The van der Waals surface area contributed by atoms with Gasteiger partial charge in [-0.25, -0.2) is 18.4 Å². The van der Waals surface area contributed by atoms with Crippen molar-refractivity contribution in [3.63, 3.8) is 0 Å². The minimum absolute atomic E-state index is 0.000860. The van der Waals surface area contributed by atoms with Gasteiger partial charge in [-0.2, -0.15) is 9.90 Å². The van der Waals surface area contributed by atoms with Crippen LogP contribution in [0.1, 0.15) is 21.9 Å². The summed E-state index contributed by atoms with van der Waals surface area (Å²) in [6.45, 7) is 3.48. The van der Waals surface area contributed by atoms with Crippen molar-refractivity contribution in [2.24, 2.45) is 0 Å². The smallest absolute Gasteiger partial charge is 0.279 e. The Bertz CT molecular complexity index is 1740. The lowest BCUT2D eigenvalue weighted by Gasteiger charge is -2.10. The molecule has 0 bridgehead atoms. The van der Waals surface area contributed by atoms with Crippen LogP contribution in [0.4, 0.5) is 10.8 Å². The number of aryl methyl sites for hydroxylation is 2. The van der Waals surface area contributed by atoms with Gasteiger partial charge in [-0.3, -0.25) is 14.8 Å². The van der Waals surface area contributed by atoms with E-state index in [0.717, 1.165) is 5.69 Å². The van der Waals surface area contributed by atoms with Gasteiger partial charge in [-0.15, -0.1) is 5.10 Å². The number of carbonyl (C=O) groups excluding carboxylic acids is 1. The molecule has 0 spiro atoms. The molecule has 2 N–H and O–H groups in total. The monoisotopic (exact) mass is 565 g/mol. The van der Waals surface area contributed by atoms with Crippen LogP contribution in [-0.4, -0.2) is 39.3 Å². The zero-order chi connectivity index (χ0) is 26.9. The molecule has 5 aromatic rings. The van der Waals surface area contributed by atoms with Gasteiger partial charge in [0.05, 0.1) is 32.5 Å². The molecule has 2 aromatic carbocycles. The Morgan fingerprint density at radius 1 is 0.974 bits per heavy atom. The summed E-state index contributed by atoms with van der Waals surface area (Å²) >= 11 is 7.41. The molecule has 0 aliphatic carbocycles. The Morgan fingerprint density at radius 2 is 1.66 bits per heavy atom. The molecule has 5 rings (SSSR count). The molecule has 0 saturated carbocycles. The maximum absolute atomic E-state index is 13.0. The molecular formula is C25H20ClN7O3S2. The van der Waals surface area contributed by atoms with Gasteiger partial charge in [0, 0.05) is 11.8 Å². The number of benzene rings is 2. The molecule has 13 heteroatoms. The number of anilines is 2. The van der Waals surface area contributed by atoms with Crippen molar-refractivity contribution < 1.29 is 13.2 Å². The lowest BCUT2D eigenvalue weighted by molar-refractivity contribution is 0.102. The van der Waals surface area contributed by atoms with Crippen molar-refractivity contribution in [2.45, 2.75) is 18.7 Å². The molecule has 38 heavy (non-hydrogen) atoms. The Balaban J connectivity index is 1.38. The van der Waals surface area contributed by atoms with Crippen molar-refractivity contribution in [1.82, 2.24) is 25.0 Å². The zero-order valence-electron chi connectivity index (χ0n) is 20.1. The van der Waals surface area contributed by atoms with Crippen LogP contribution >= 0.6 is 22.9 Å². The minimum Gasteiger partial charge on any atom is -0.296 e. The highest BCUT2D eigenvalue weighted by molar-refractivity contribution is 7.92. The number of sulfonamides is 1. The summed E-state index contributed by atoms with van der Waals surface area (Å²) in [5.74, 6) is -0.449. The summed E-state index contributed by atoms with van der Waals surface area (Å²) in [6, 6.07) is 18.8. The molecule has 0 aliphatic rings. The first-order chi connectivity index (χ1) is 18.2. The van der Waals surface area contributed by atoms with Crippen molar-refractivity contribution in [3.05, 3.63) is 95.2 Å². The summed E-state index contributed by atoms with van der Waals surface area (Å²) in [7, 11) is -3.87. The summed E-state index contributed by atoms with van der Waals surface area (Å²) in [4.78, 5) is 23.7. The van der Waals surface area contributed by atoms with Crippen molar-refractivity contribution in [1.29, 1.82) is 0 Å². The normalized spacial score (nSPS) is 11.3. The standard InChI is InChI=1S/C25H20ClN7O3S2/c1-15-21(31-33(30-15)18-9-5-3-6-10-18)24(34)29-25-28-16(2)22(37-25)17-13-20(23(26)27-14-17)32-38(35,36)19-11-7-4-8-12-19/h3-14,32H,1-2H3,(H,28,29,34). The fourth-order valence-electron chi connectivity index (χ4n) is 3.59. The Kier molecular flexibility index (Phi) is 6.93. The minimum atomic E-state index is -3.87. The molecule has 3 aromatic heterocycles. The van der Waals surface area contributed by atoms with Gasteiger partial charge in [-0.1, -0.05) is 59.3 Å². The van der Waals surface area contributed by atoms with Crippen molar-refractivity contribution in [3.8, 4) is 16.1 Å². The summed E-state index contributed by atoms with van der Waals surface area (Å²) in [6.07, 6.45) is 1.52. The van der Waals surface area contributed by atoms with Crippen LogP contribution in [0.2, 0.25) is 5.15 Å². The van der Waals surface area contributed by atoms with Gasteiger partial charge in [-0.05, 0) is 44.2 Å². The number of hydrogen-bond donors (Lipinski definition) is 2. The van der Waals surface area contributed by atoms with Gasteiger partial charge < -0.3 is 0 Å². The number of aromatic nitrogens is 5. The quantitative estimate of drug-likeness (QED) is 0.262.